The third-order valence-electron chi connectivity index (χ3n) is 7.09. The number of benzene rings is 2. The summed E-state index contributed by atoms with van der Waals surface area (Å²) in [5, 5.41) is 5.87. The van der Waals surface area contributed by atoms with Gasteiger partial charge in [0.15, 0.2) is 0 Å². The molecule has 10 nitrogen and oxygen atoms in total. The van der Waals surface area contributed by atoms with Crippen LogP contribution in [0.15, 0.2) is 78.5 Å². The molecule has 0 bridgehead atoms. The number of rotatable bonds is 10. The molecule has 218 valence electrons. The summed E-state index contributed by atoms with van der Waals surface area (Å²) in [7, 11) is 0. The summed E-state index contributed by atoms with van der Waals surface area (Å²) in [4.78, 5) is 45.0. The van der Waals surface area contributed by atoms with E-state index in [2.05, 4.69) is 22.1 Å². The summed E-state index contributed by atoms with van der Waals surface area (Å²) in [6.45, 7) is 12.5. The van der Waals surface area contributed by atoms with Crippen molar-refractivity contribution in [2.24, 2.45) is 0 Å². The lowest BCUT2D eigenvalue weighted by Crippen LogP contribution is -2.58. The van der Waals surface area contributed by atoms with Gasteiger partial charge in [-0.15, -0.1) is 6.58 Å². The van der Waals surface area contributed by atoms with Crippen LogP contribution < -0.4 is 15.4 Å². The number of urea groups is 2. The first kappa shape index (κ1) is 29.7. The number of nitrogens with one attached hydrogen (secondary N) is 2. The highest BCUT2D eigenvalue weighted by atomic mass is 16.5. The second-order valence-corrected chi connectivity index (χ2v) is 9.96. The average Bonchev–Trinajstić information content (AvgIpc) is 2.95. The van der Waals surface area contributed by atoms with Crippen LogP contribution >= 0.6 is 0 Å². The van der Waals surface area contributed by atoms with Gasteiger partial charge < -0.3 is 25.0 Å². The van der Waals surface area contributed by atoms with Crippen LogP contribution in [0.3, 0.4) is 0 Å². The smallest absolute Gasteiger partial charge is 0.338 e. The number of hydrogen-bond donors (Lipinski definition) is 2. The average molecular weight is 562 g/mol. The van der Waals surface area contributed by atoms with Gasteiger partial charge in [0.2, 0.25) is 0 Å². The Morgan fingerprint density at radius 2 is 1.85 bits per heavy atom. The highest BCUT2D eigenvalue weighted by Crippen LogP contribution is 2.34. The first-order valence-corrected chi connectivity index (χ1v) is 14.0. The Morgan fingerprint density at radius 3 is 2.54 bits per heavy atom. The molecule has 2 atom stereocenters. The number of hydrogen-bond acceptors (Lipinski definition) is 6. The Hall–Kier alpha value is -4.31. The van der Waals surface area contributed by atoms with Crippen LogP contribution in [0.4, 0.5) is 9.59 Å². The molecule has 2 aromatic carbocycles. The second-order valence-electron chi connectivity index (χ2n) is 9.96. The quantitative estimate of drug-likeness (QED) is 0.332. The lowest BCUT2D eigenvalue weighted by molar-refractivity contribution is -0.139. The minimum Gasteiger partial charge on any atom is -0.463 e. The predicted octanol–water partition coefficient (Wildman–Crippen LogP) is 4.28. The van der Waals surface area contributed by atoms with Crippen LogP contribution in [0.25, 0.3) is 0 Å². The molecular formula is C31H39N5O5. The summed E-state index contributed by atoms with van der Waals surface area (Å²) in [5.41, 5.74) is 1.62. The molecule has 1 fully saturated rings. The number of para-hydroxylation sites is 1. The summed E-state index contributed by atoms with van der Waals surface area (Å²) in [6, 6.07) is 15.5. The van der Waals surface area contributed by atoms with E-state index >= 15 is 0 Å². The number of piperazine rings is 1. The van der Waals surface area contributed by atoms with Gasteiger partial charge >= 0.3 is 18.0 Å². The van der Waals surface area contributed by atoms with Crippen LogP contribution in [-0.4, -0.2) is 84.6 Å². The molecule has 2 N–H and O–H groups in total. The number of ether oxygens (including phenoxy) is 2. The molecule has 2 aliphatic rings. The topological polar surface area (TPSA) is 103 Å². The van der Waals surface area contributed by atoms with Crippen LogP contribution in [0.2, 0.25) is 0 Å². The fraction of sp³-hybridized carbons (Fsp3) is 0.387. The first-order chi connectivity index (χ1) is 19.9. The van der Waals surface area contributed by atoms with Crippen LogP contribution in [0, 0.1) is 0 Å². The van der Waals surface area contributed by atoms with Crippen LogP contribution in [0.1, 0.15) is 32.4 Å². The third kappa shape index (κ3) is 7.07. The van der Waals surface area contributed by atoms with Gasteiger partial charge in [0.25, 0.3) is 0 Å². The highest BCUT2D eigenvalue weighted by Gasteiger charge is 2.39. The molecule has 2 aliphatic heterocycles. The monoisotopic (exact) mass is 561 g/mol. The zero-order chi connectivity index (χ0) is 29.4. The van der Waals surface area contributed by atoms with Crippen molar-refractivity contribution in [2.75, 3.05) is 45.9 Å². The molecule has 1 saturated heterocycles. The number of nitrogens with zero attached hydrogens (tertiary/aromatic N) is 3. The van der Waals surface area contributed by atoms with E-state index in [1.165, 1.54) is 0 Å². The molecule has 2 aromatic rings. The maximum Gasteiger partial charge on any atom is 0.338 e. The van der Waals surface area contributed by atoms with E-state index < -0.39 is 12.0 Å². The Bertz CT molecular complexity index is 1280. The number of esters is 1. The molecule has 41 heavy (non-hydrogen) atoms. The van der Waals surface area contributed by atoms with E-state index in [0.29, 0.717) is 61.1 Å². The van der Waals surface area contributed by atoms with Gasteiger partial charge in [-0.2, -0.15) is 0 Å². The number of carbonyl (C=O) groups excluding carboxylic acids is 3. The van der Waals surface area contributed by atoms with Crippen molar-refractivity contribution in [1.82, 2.24) is 25.3 Å². The Morgan fingerprint density at radius 1 is 1.10 bits per heavy atom. The van der Waals surface area contributed by atoms with Gasteiger partial charge in [-0.05, 0) is 50.6 Å². The Balaban J connectivity index is 1.70. The van der Waals surface area contributed by atoms with Crippen molar-refractivity contribution >= 4 is 18.0 Å². The van der Waals surface area contributed by atoms with E-state index in [1.807, 2.05) is 73.3 Å². The molecule has 4 rings (SSSR count). The van der Waals surface area contributed by atoms with Crippen molar-refractivity contribution in [3.05, 3.63) is 84.1 Å². The molecular weight excluding hydrogens is 522 g/mol. The molecule has 4 amide bonds. The van der Waals surface area contributed by atoms with Gasteiger partial charge in [-0.1, -0.05) is 36.4 Å². The Kier molecular flexibility index (Phi) is 10.0. The van der Waals surface area contributed by atoms with Crippen LogP contribution in [-0.2, 0) is 9.53 Å². The minimum atomic E-state index is -0.744. The van der Waals surface area contributed by atoms with E-state index in [1.54, 1.807) is 17.9 Å². The van der Waals surface area contributed by atoms with Gasteiger partial charge in [0, 0.05) is 51.0 Å². The lowest BCUT2D eigenvalue weighted by Gasteiger charge is -2.42. The summed E-state index contributed by atoms with van der Waals surface area (Å²) in [5.74, 6) is 0.763. The lowest BCUT2D eigenvalue weighted by atomic mass is 9.93. The molecule has 0 radical (unpaired) electrons. The number of carbonyl (C=O) groups is 3. The van der Waals surface area contributed by atoms with Gasteiger partial charge in [-0.25, -0.2) is 14.4 Å². The second kappa shape index (κ2) is 13.8. The molecule has 2 unspecified atom stereocenters. The zero-order valence-electron chi connectivity index (χ0n) is 24.0. The third-order valence-corrected chi connectivity index (χ3v) is 7.09. The maximum absolute atomic E-state index is 13.5. The summed E-state index contributed by atoms with van der Waals surface area (Å²) in [6.07, 6.45) is 1.63. The summed E-state index contributed by atoms with van der Waals surface area (Å²) < 4.78 is 11.6. The minimum absolute atomic E-state index is 0.0465. The normalized spacial score (nSPS) is 19.4. The fourth-order valence-corrected chi connectivity index (χ4v) is 5.22. The van der Waals surface area contributed by atoms with Gasteiger partial charge in [-0.3, -0.25) is 9.80 Å². The molecule has 2 heterocycles. The van der Waals surface area contributed by atoms with E-state index in [4.69, 9.17) is 9.47 Å². The maximum atomic E-state index is 13.5. The van der Waals surface area contributed by atoms with Crippen molar-refractivity contribution in [3.8, 4) is 11.5 Å². The molecule has 0 saturated carbocycles. The van der Waals surface area contributed by atoms with E-state index in [-0.39, 0.29) is 31.3 Å². The molecule has 0 aromatic heterocycles. The first-order valence-electron chi connectivity index (χ1n) is 14.0. The predicted molar refractivity (Wildman–Crippen MR) is 156 cm³/mol. The highest BCUT2D eigenvalue weighted by molar-refractivity contribution is 5.95. The van der Waals surface area contributed by atoms with E-state index in [0.717, 1.165) is 0 Å². The number of amides is 4. The van der Waals surface area contributed by atoms with Gasteiger partial charge in [0.1, 0.15) is 11.5 Å². The van der Waals surface area contributed by atoms with E-state index in [9.17, 15) is 14.4 Å². The molecule has 0 aliphatic carbocycles. The van der Waals surface area contributed by atoms with Crippen molar-refractivity contribution < 1.29 is 23.9 Å². The fourth-order valence-electron chi connectivity index (χ4n) is 5.22. The van der Waals surface area contributed by atoms with Crippen LogP contribution in [0.5, 0.6) is 11.5 Å². The zero-order valence-corrected chi connectivity index (χ0v) is 24.0. The largest absolute Gasteiger partial charge is 0.463 e. The molecule has 10 heteroatoms. The van der Waals surface area contributed by atoms with Crippen molar-refractivity contribution in [3.63, 3.8) is 0 Å². The standard InChI is InChI=1S/C31H39N5O5/c1-5-16-36-26(21-34-17-18-35(22(4)20-34)30(38)32-6-2)27(29(37)40-7-3)28(33-31(36)39)23-12-11-15-25(19-23)41-24-13-9-8-10-14-24/h5,8-15,19,22,28H,1,6-7,16-18,20-21H2,2-4H3,(H,32,38)(H,33,39). The molecule has 0 spiro atoms. The van der Waals surface area contributed by atoms with Gasteiger partial charge in [0.05, 0.1) is 18.2 Å². The summed E-state index contributed by atoms with van der Waals surface area (Å²) >= 11 is 0. The Labute approximate surface area is 241 Å². The SMILES string of the molecule is C=CCN1C(=O)NC(c2cccc(Oc3ccccc3)c2)C(C(=O)OCC)=C1CN1CCN(C(=O)NCC)C(C)C1. The van der Waals surface area contributed by atoms with Crippen molar-refractivity contribution in [2.45, 2.75) is 32.9 Å². The van der Waals surface area contributed by atoms with Crippen molar-refractivity contribution in [1.29, 1.82) is 0 Å².